The Balaban J connectivity index is 1.34. The number of carbonyl (C=O) groups excluding carboxylic acids is 1. The molecule has 2 fully saturated rings. The molecule has 2 saturated heterocycles. The first-order valence-corrected chi connectivity index (χ1v) is 11.7. The number of nitriles is 1. The van der Waals surface area contributed by atoms with Gasteiger partial charge in [-0.25, -0.2) is 4.98 Å². The molecule has 0 spiro atoms. The summed E-state index contributed by atoms with van der Waals surface area (Å²) in [7, 11) is 1.81. The van der Waals surface area contributed by atoms with Crippen LogP contribution in [0.1, 0.15) is 40.6 Å². The van der Waals surface area contributed by atoms with Crippen LogP contribution < -0.4 is 0 Å². The highest BCUT2D eigenvalue weighted by atomic mass is 16.5. The van der Waals surface area contributed by atoms with Crippen LogP contribution in [-0.4, -0.2) is 61.4 Å². The summed E-state index contributed by atoms with van der Waals surface area (Å²) in [5.74, 6) is 1.41. The summed E-state index contributed by atoms with van der Waals surface area (Å²) < 4.78 is 9.65. The van der Waals surface area contributed by atoms with E-state index in [-0.39, 0.29) is 5.91 Å². The Kier molecular flexibility index (Phi) is 5.03. The summed E-state index contributed by atoms with van der Waals surface area (Å²) >= 11 is 0. The molecule has 5 heterocycles. The molecule has 2 aliphatic heterocycles. The highest BCUT2D eigenvalue weighted by Crippen LogP contribution is 2.34. The molecule has 0 aliphatic carbocycles. The van der Waals surface area contributed by atoms with Crippen LogP contribution in [0.15, 0.2) is 36.8 Å². The van der Waals surface area contributed by atoms with Crippen LogP contribution in [-0.2, 0) is 18.2 Å². The Labute approximate surface area is 196 Å². The van der Waals surface area contributed by atoms with E-state index in [4.69, 9.17) is 9.72 Å². The molecule has 9 nitrogen and oxygen atoms in total. The van der Waals surface area contributed by atoms with E-state index in [1.807, 2.05) is 30.3 Å². The van der Waals surface area contributed by atoms with Crippen LogP contribution in [0.25, 0.3) is 21.9 Å². The largest absolute Gasteiger partial charge is 0.381 e. The first-order chi connectivity index (χ1) is 16.6. The number of nitrogens with zero attached hydrogens (tertiary/aromatic N) is 7. The van der Waals surface area contributed by atoms with Crippen LogP contribution in [0.3, 0.4) is 0 Å². The van der Waals surface area contributed by atoms with Gasteiger partial charge in [0.2, 0.25) is 0 Å². The minimum Gasteiger partial charge on any atom is -0.381 e. The molecule has 34 heavy (non-hydrogen) atoms. The summed E-state index contributed by atoms with van der Waals surface area (Å²) in [5, 5.41) is 14.5. The summed E-state index contributed by atoms with van der Waals surface area (Å²) in [5.41, 5.74) is 4.01. The van der Waals surface area contributed by atoms with Gasteiger partial charge in [0.1, 0.15) is 11.3 Å². The minimum atomic E-state index is 0.0292. The number of ether oxygens (including phenoxy) is 1. The molecular formula is C25H25N7O2. The summed E-state index contributed by atoms with van der Waals surface area (Å²) in [6, 6.07) is 8.17. The van der Waals surface area contributed by atoms with Gasteiger partial charge in [-0.15, -0.1) is 0 Å². The van der Waals surface area contributed by atoms with E-state index in [0.29, 0.717) is 36.2 Å². The van der Waals surface area contributed by atoms with E-state index in [1.165, 1.54) is 0 Å². The molecule has 172 valence electrons. The fourth-order valence-corrected chi connectivity index (χ4v) is 5.21. The molecule has 0 N–H and O–H groups in total. The van der Waals surface area contributed by atoms with Gasteiger partial charge in [0.25, 0.3) is 5.91 Å². The van der Waals surface area contributed by atoms with Crippen molar-refractivity contribution in [2.24, 2.45) is 13.0 Å². The van der Waals surface area contributed by atoms with Crippen molar-refractivity contribution in [1.82, 2.24) is 29.2 Å². The van der Waals surface area contributed by atoms with E-state index in [0.717, 1.165) is 60.2 Å². The lowest BCUT2D eigenvalue weighted by molar-refractivity contribution is 0.0487. The second-order valence-electron chi connectivity index (χ2n) is 9.26. The number of aromatic nitrogens is 5. The first-order valence-electron chi connectivity index (χ1n) is 11.7. The molecule has 6 rings (SSSR count). The number of hydrogen-bond acceptors (Lipinski definition) is 6. The minimum absolute atomic E-state index is 0.0292. The first kappa shape index (κ1) is 20.8. The molecule has 0 saturated carbocycles. The maximum Gasteiger partial charge on any atom is 0.257 e. The van der Waals surface area contributed by atoms with Crippen molar-refractivity contribution in [3.05, 3.63) is 53.7 Å². The standard InChI is InChI=1S/C25H25N7O2/c1-30-15-18(11-28-30)25(33)31-13-17(14-31)9-23-29-22-12-27-21-3-2-16(10-26)8-20(21)24(22)32(23)19-4-6-34-7-5-19/h2-3,8,11-12,15,17,19H,4-7,9,13-14H2,1H3. The van der Waals surface area contributed by atoms with Gasteiger partial charge < -0.3 is 14.2 Å². The molecule has 3 aromatic heterocycles. The van der Waals surface area contributed by atoms with Crippen LogP contribution in [0, 0.1) is 17.2 Å². The van der Waals surface area contributed by atoms with Crippen molar-refractivity contribution in [2.75, 3.05) is 26.3 Å². The van der Waals surface area contributed by atoms with Gasteiger partial charge in [0.05, 0.1) is 40.6 Å². The quantitative estimate of drug-likeness (QED) is 0.469. The molecule has 4 aromatic rings. The number of aryl methyl sites for hydroxylation is 1. The number of pyridine rings is 1. The third kappa shape index (κ3) is 3.51. The lowest BCUT2D eigenvalue weighted by atomic mass is 9.95. The zero-order valence-electron chi connectivity index (χ0n) is 19.0. The molecule has 9 heteroatoms. The third-order valence-corrected chi connectivity index (χ3v) is 6.94. The molecule has 0 radical (unpaired) electrons. The zero-order chi connectivity index (χ0) is 23.2. The highest BCUT2D eigenvalue weighted by Gasteiger charge is 2.34. The number of likely N-dealkylation sites (tertiary alicyclic amines) is 1. The van der Waals surface area contributed by atoms with Gasteiger partial charge in [0.15, 0.2) is 0 Å². The fraction of sp³-hybridized carbons (Fsp3) is 0.400. The SMILES string of the molecule is Cn1cc(C(=O)N2CC(Cc3nc4cnc5ccc(C#N)cc5c4n3C3CCOCC3)C2)cn1. The highest BCUT2D eigenvalue weighted by molar-refractivity contribution is 6.03. The number of hydrogen-bond donors (Lipinski definition) is 0. The van der Waals surface area contributed by atoms with E-state index in [1.54, 1.807) is 23.1 Å². The van der Waals surface area contributed by atoms with Gasteiger partial charge >= 0.3 is 0 Å². The summed E-state index contributed by atoms with van der Waals surface area (Å²) in [4.78, 5) is 24.2. The molecule has 1 amide bonds. The summed E-state index contributed by atoms with van der Waals surface area (Å²) in [6.45, 7) is 2.88. The fourth-order valence-electron chi connectivity index (χ4n) is 5.21. The van der Waals surface area contributed by atoms with Crippen molar-refractivity contribution >= 4 is 27.8 Å². The monoisotopic (exact) mass is 455 g/mol. The van der Waals surface area contributed by atoms with Crippen LogP contribution in [0.2, 0.25) is 0 Å². The normalized spacial score (nSPS) is 17.2. The maximum atomic E-state index is 12.7. The molecule has 2 aliphatic rings. The van der Waals surface area contributed by atoms with Gasteiger partial charge in [-0.05, 0) is 31.0 Å². The lowest BCUT2D eigenvalue weighted by Gasteiger charge is -2.39. The van der Waals surface area contributed by atoms with Gasteiger partial charge in [-0.1, -0.05) is 0 Å². The van der Waals surface area contributed by atoms with Gasteiger partial charge in [-0.2, -0.15) is 10.4 Å². The smallest absolute Gasteiger partial charge is 0.257 e. The van der Waals surface area contributed by atoms with Crippen LogP contribution in [0.4, 0.5) is 0 Å². The van der Waals surface area contributed by atoms with Crippen molar-refractivity contribution in [3.63, 3.8) is 0 Å². The van der Waals surface area contributed by atoms with Crippen molar-refractivity contribution in [1.29, 1.82) is 5.26 Å². The van der Waals surface area contributed by atoms with Crippen molar-refractivity contribution < 1.29 is 9.53 Å². The van der Waals surface area contributed by atoms with E-state index >= 15 is 0 Å². The Morgan fingerprint density at radius 3 is 2.76 bits per heavy atom. The Morgan fingerprint density at radius 2 is 2.03 bits per heavy atom. The van der Waals surface area contributed by atoms with Crippen LogP contribution in [0.5, 0.6) is 0 Å². The number of fused-ring (bicyclic) bond motifs is 3. The van der Waals surface area contributed by atoms with Gasteiger partial charge in [0, 0.05) is 63.3 Å². The maximum absolute atomic E-state index is 12.7. The lowest BCUT2D eigenvalue weighted by Crippen LogP contribution is -2.51. The number of rotatable bonds is 4. The van der Waals surface area contributed by atoms with E-state index in [2.05, 4.69) is 20.7 Å². The van der Waals surface area contributed by atoms with Crippen molar-refractivity contribution in [3.8, 4) is 6.07 Å². The van der Waals surface area contributed by atoms with Crippen LogP contribution >= 0.6 is 0 Å². The Hall–Kier alpha value is -3.77. The second-order valence-corrected chi connectivity index (χ2v) is 9.26. The second kappa shape index (κ2) is 8.22. The average molecular weight is 456 g/mol. The number of carbonyl (C=O) groups is 1. The molecule has 0 atom stereocenters. The van der Waals surface area contributed by atoms with E-state index in [9.17, 15) is 10.1 Å². The Bertz CT molecular complexity index is 1440. The van der Waals surface area contributed by atoms with Crippen molar-refractivity contribution in [2.45, 2.75) is 25.3 Å². The average Bonchev–Trinajstić information content (AvgIpc) is 3.44. The number of imidazole rings is 1. The Morgan fingerprint density at radius 1 is 1.21 bits per heavy atom. The number of benzene rings is 1. The zero-order valence-corrected chi connectivity index (χ0v) is 19.0. The number of amides is 1. The molecule has 0 unspecified atom stereocenters. The molecule has 0 bridgehead atoms. The predicted octanol–water partition coefficient (Wildman–Crippen LogP) is 2.86. The third-order valence-electron chi connectivity index (χ3n) is 6.94. The molecular weight excluding hydrogens is 430 g/mol. The predicted molar refractivity (Wildman–Crippen MR) is 125 cm³/mol. The molecule has 1 aromatic carbocycles. The summed E-state index contributed by atoms with van der Waals surface area (Å²) in [6.07, 6.45) is 7.86. The van der Waals surface area contributed by atoms with E-state index < -0.39 is 0 Å². The van der Waals surface area contributed by atoms with Gasteiger partial charge in [-0.3, -0.25) is 14.5 Å². The topological polar surface area (TPSA) is 102 Å².